The quantitative estimate of drug-likeness (QED) is 0.478. The first kappa shape index (κ1) is 27.0. The van der Waals surface area contributed by atoms with Crippen LogP contribution in [0.5, 0.6) is 0 Å². The summed E-state index contributed by atoms with van der Waals surface area (Å²) in [5, 5.41) is 17.6. The van der Waals surface area contributed by atoms with Gasteiger partial charge in [0.1, 0.15) is 11.4 Å². The van der Waals surface area contributed by atoms with Crippen LogP contribution in [0.2, 0.25) is 0 Å². The van der Waals surface area contributed by atoms with Crippen LogP contribution in [0, 0.1) is 5.41 Å². The van der Waals surface area contributed by atoms with Crippen LogP contribution >= 0.6 is 0 Å². The Morgan fingerprint density at radius 1 is 1.03 bits per heavy atom. The number of likely N-dealkylation sites (tertiary alicyclic amines) is 1. The molecule has 2 aromatic heterocycles. The molecule has 2 saturated heterocycles. The van der Waals surface area contributed by atoms with E-state index in [0.717, 1.165) is 61.7 Å². The zero-order chi connectivity index (χ0) is 27.3. The molecule has 3 aromatic rings. The fourth-order valence-corrected chi connectivity index (χ4v) is 6.27. The van der Waals surface area contributed by atoms with Gasteiger partial charge in [0.15, 0.2) is 5.82 Å². The molecule has 0 unspecified atom stereocenters. The molecule has 2 fully saturated rings. The fraction of sp³-hybridized carbons (Fsp3) is 0.581. The number of nitrogens with zero attached hydrogens (tertiary/aromatic N) is 5. The Hall–Kier alpha value is -2.61. The fourth-order valence-electron chi connectivity index (χ4n) is 6.27. The molecule has 1 aromatic carbocycles. The summed E-state index contributed by atoms with van der Waals surface area (Å²) in [6, 6.07) is 10.5. The Balaban J connectivity index is 1.59. The number of benzene rings is 1. The third-order valence-corrected chi connectivity index (χ3v) is 8.37. The third kappa shape index (κ3) is 4.69. The van der Waals surface area contributed by atoms with Crippen molar-refractivity contribution < 1.29 is 9.84 Å². The average Bonchev–Trinajstić information content (AvgIpc) is 3.34. The minimum absolute atomic E-state index is 0.202. The smallest absolute Gasteiger partial charge is 0.182 e. The van der Waals surface area contributed by atoms with E-state index in [0.29, 0.717) is 17.7 Å². The standard InChI is InChI=1S/C31H43N5O2/c1-21(2)22-8-10-25(11-9-22)31(37,30(6)19-35(7)20-30)26-16-24(17-32-18-26)27-33-28(23-12-14-38-15-13-23)36(34-27)29(3,4)5/h8-11,16-18,21,23,37H,12-15,19-20H2,1-7H3/t31-/m0/s1. The first-order valence-electron chi connectivity index (χ1n) is 13.9. The Morgan fingerprint density at radius 3 is 2.26 bits per heavy atom. The molecule has 7 heteroatoms. The molecule has 0 amide bonds. The molecular weight excluding hydrogens is 474 g/mol. The summed E-state index contributed by atoms with van der Waals surface area (Å²) >= 11 is 0. The third-order valence-electron chi connectivity index (χ3n) is 8.37. The lowest BCUT2D eigenvalue weighted by atomic mass is 9.62. The van der Waals surface area contributed by atoms with Gasteiger partial charge >= 0.3 is 0 Å². The molecule has 5 rings (SSSR count). The lowest BCUT2D eigenvalue weighted by molar-refractivity contribution is -0.127. The number of hydrogen-bond acceptors (Lipinski definition) is 6. The summed E-state index contributed by atoms with van der Waals surface area (Å²) in [6.07, 6.45) is 5.52. The predicted molar refractivity (Wildman–Crippen MR) is 150 cm³/mol. The van der Waals surface area contributed by atoms with Crippen LogP contribution in [-0.2, 0) is 15.9 Å². The van der Waals surface area contributed by atoms with E-state index in [9.17, 15) is 5.11 Å². The van der Waals surface area contributed by atoms with Crippen molar-refractivity contribution in [2.75, 3.05) is 33.4 Å². The van der Waals surface area contributed by atoms with Gasteiger partial charge in [0.05, 0.1) is 5.54 Å². The van der Waals surface area contributed by atoms with Crippen LogP contribution in [0.25, 0.3) is 11.4 Å². The molecule has 0 bridgehead atoms. The van der Waals surface area contributed by atoms with Gasteiger partial charge in [0.25, 0.3) is 0 Å². The van der Waals surface area contributed by atoms with Crippen molar-refractivity contribution in [3.8, 4) is 11.4 Å². The minimum Gasteiger partial charge on any atom is -0.381 e. The van der Waals surface area contributed by atoms with Crippen LogP contribution in [0.3, 0.4) is 0 Å². The van der Waals surface area contributed by atoms with E-state index in [-0.39, 0.29) is 11.0 Å². The van der Waals surface area contributed by atoms with E-state index in [1.54, 1.807) is 0 Å². The molecule has 0 saturated carbocycles. The van der Waals surface area contributed by atoms with Crippen molar-refractivity contribution in [3.63, 3.8) is 0 Å². The SMILES string of the molecule is CC(C)c1ccc([C@](O)(c2cncc(-c3nc(C4CCOCC4)n(C(C)(C)C)n3)c2)C2(C)CN(C)C2)cc1. The van der Waals surface area contributed by atoms with Crippen molar-refractivity contribution in [1.82, 2.24) is 24.6 Å². The number of hydrogen-bond donors (Lipinski definition) is 1. The largest absolute Gasteiger partial charge is 0.381 e. The Bertz CT molecular complexity index is 1260. The molecule has 7 nitrogen and oxygen atoms in total. The molecule has 204 valence electrons. The van der Waals surface area contributed by atoms with E-state index in [1.165, 1.54) is 5.56 Å². The highest BCUT2D eigenvalue weighted by Crippen LogP contribution is 2.50. The van der Waals surface area contributed by atoms with E-state index >= 15 is 0 Å². The van der Waals surface area contributed by atoms with Gasteiger partial charge in [0, 0.05) is 61.2 Å². The van der Waals surface area contributed by atoms with E-state index in [4.69, 9.17) is 14.8 Å². The topological polar surface area (TPSA) is 76.3 Å². The molecule has 2 aliphatic heterocycles. The van der Waals surface area contributed by atoms with Crippen LogP contribution in [0.15, 0.2) is 42.7 Å². The molecule has 1 N–H and O–H groups in total. The Kier molecular flexibility index (Phi) is 6.99. The Labute approximate surface area is 227 Å². The number of ether oxygens (including phenoxy) is 1. The summed E-state index contributed by atoms with van der Waals surface area (Å²) in [5.41, 5.74) is 2.01. The van der Waals surface area contributed by atoms with Crippen molar-refractivity contribution in [2.45, 2.75) is 77.4 Å². The van der Waals surface area contributed by atoms with Gasteiger partial charge in [-0.2, -0.15) is 5.10 Å². The van der Waals surface area contributed by atoms with Crippen molar-refractivity contribution in [3.05, 3.63) is 65.2 Å². The average molecular weight is 518 g/mol. The van der Waals surface area contributed by atoms with Gasteiger partial charge in [-0.25, -0.2) is 9.67 Å². The predicted octanol–water partition coefficient (Wildman–Crippen LogP) is 5.30. The number of rotatable bonds is 6. The molecule has 2 aliphatic rings. The van der Waals surface area contributed by atoms with Gasteiger partial charge in [-0.05, 0) is 63.8 Å². The summed E-state index contributed by atoms with van der Waals surface area (Å²) in [6.45, 7) is 16.1. The van der Waals surface area contributed by atoms with Gasteiger partial charge in [0.2, 0.25) is 0 Å². The maximum Gasteiger partial charge on any atom is 0.182 e. The molecule has 1 atom stereocenters. The highest BCUT2D eigenvalue weighted by molar-refractivity contribution is 5.56. The molecule has 0 radical (unpaired) electrons. The van der Waals surface area contributed by atoms with E-state index in [2.05, 4.69) is 87.4 Å². The van der Waals surface area contributed by atoms with E-state index < -0.39 is 5.60 Å². The van der Waals surface area contributed by atoms with Crippen LogP contribution in [0.4, 0.5) is 0 Å². The zero-order valence-electron chi connectivity index (χ0n) is 24.0. The Morgan fingerprint density at radius 2 is 1.68 bits per heavy atom. The summed E-state index contributed by atoms with van der Waals surface area (Å²) < 4.78 is 7.68. The van der Waals surface area contributed by atoms with Crippen LogP contribution in [-0.4, -0.2) is 63.1 Å². The highest BCUT2D eigenvalue weighted by Gasteiger charge is 2.55. The first-order chi connectivity index (χ1) is 17.9. The van der Waals surface area contributed by atoms with Gasteiger partial charge < -0.3 is 14.7 Å². The highest BCUT2D eigenvalue weighted by atomic mass is 16.5. The lowest BCUT2D eigenvalue weighted by Crippen LogP contribution is -2.63. The lowest BCUT2D eigenvalue weighted by Gasteiger charge is -2.55. The summed E-state index contributed by atoms with van der Waals surface area (Å²) in [5.74, 6) is 2.42. The van der Waals surface area contributed by atoms with Crippen molar-refractivity contribution >= 4 is 0 Å². The molecule has 0 aliphatic carbocycles. The molecule has 38 heavy (non-hydrogen) atoms. The van der Waals surface area contributed by atoms with Gasteiger partial charge in [-0.1, -0.05) is 45.0 Å². The molecule has 4 heterocycles. The summed E-state index contributed by atoms with van der Waals surface area (Å²) in [7, 11) is 2.10. The van der Waals surface area contributed by atoms with Gasteiger partial charge in [-0.3, -0.25) is 4.98 Å². The number of pyridine rings is 1. The zero-order valence-corrected chi connectivity index (χ0v) is 24.0. The van der Waals surface area contributed by atoms with E-state index in [1.807, 2.05) is 18.5 Å². The first-order valence-corrected chi connectivity index (χ1v) is 13.9. The molecular formula is C31H43N5O2. The normalized spacial score (nSPS) is 20.3. The molecule has 0 spiro atoms. The maximum absolute atomic E-state index is 12.6. The maximum atomic E-state index is 12.6. The van der Waals surface area contributed by atoms with Crippen LogP contribution in [0.1, 0.15) is 88.7 Å². The van der Waals surface area contributed by atoms with Crippen molar-refractivity contribution in [2.24, 2.45) is 5.41 Å². The monoisotopic (exact) mass is 517 g/mol. The van der Waals surface area contributed by atoms with Gasteiger partial charge in [-0.15, -0.1) is 0 Å². The number of aliphatic hydroxyl groups is 1. The second-order valence-electron chi connectivity index (χ2n) is 12.9. The number of aromatic nitrogens is 4. The second-order valence-corrected chi connectivity index (χ2v) is 12.9. The minimum atomic E-state index is -1.20. The van der Waals surface area contributed by atoms with Crippen LogP contribution < -0.4 is 0 Å². The summed E-state index contributed by atoms with van der Waals surface area (Å²) in [4.78, 5) is 11.9. The second kappa shape index (κ2) is 9.85. The van der Waals surface area contributed by atoms with Crippen molar-refractivity contribution in [1.29, 1.82) is 0 Å².